The average molecular weight is 283 g/mol. The molecule has 1 aliphatic heterocycles. The lowest BCUT2D eigenvalue weighted by atomic mass is 9.99. The fraction of sp³-hybridized carbons (Fsp3) is 0.857. The van der Waals surface area contributed by atoms with Crippen LogP contribution in [0.5, 0.6) is 0 Å². The molecule has 2 fully saturated rings. The van der Waals surface area contributed by atoms with Crippen LogP contribution in [0.3, 0.4) is 0 Å². The minimum absolute atomic E-state index is 0.00239. The topological polar surface area (TPSA) is 75.9 Å². The van der Waals surface area contributed by atoms with E-state index in [4.69, 9.17) is 10.5 Å². The molecule has 0 bridgehead atoms. The molecule has 0 unspecified atom stereocenters. The van der Waals surface area contributed by atoms with E-state index in [-0.39, 0.29) is 24.5 Å². The number of piperazine rings is 1. The van der Waals surface area contributed by atoms with Gasteiger partial charge >= 0.3 is 0 Å². The fourth-order valence-corrected chi connectivity index (χ4v) is 3.09. The molecule has 6 nitrogen and oxygen atoms in total. The van der Waals surface area contributed by atoms with Gasteiger partial charge in [0.25, 0.3) is 0 Å². The van der Waals surface area contributed by atoms with E-state index in [1.807, 2.05) is 4.90 Å². The van der Waals surface area contributed by atoms with Gasteiger partial charge in [0.2, 0.25) is 11.8 Å². The number of rotatable bonds is 4. The van der Waals surface area contributed by atoms with E-state index < -0.39 is 0 Å². The molecular formula is C14H25N3O3. The predicted octanol–water partition coefficient (Wildman–Crippen LogP) is -0.179. The number of ether oxygens (including phenoxy) is 1. The third-order valence-corrected chi connectivity index (χ3v) is 4.41. The lowest BCUT2D eigenvalue weighted by Gasteiger charge is -2.35. The smallest absolute Gasteiger partial charge is 0.248 e. The fourth-order valence-electron chi connectivity index (χ4n) is 3.09. The van der Waals surface area contributed by atoms with Crippen molar-refractivity contribution in [3.63, 3.8) is 0 Å². The molecule has 2 rings (SSSR count). The lowest BCUT2D eigenvalue weighted by Crippen LogP contribution is -2.51. The Morgan fingerprint density at radius 2 is 1.70 bits per heavy atom. The largest absolute Gasteiger partial charge is 0.375 e. The van der Waals surface area contributed by atoms with Crippen molar-refractivity contribution < 1.29 is 14.3 Å². The maximum Gasteiger partial charge on any atom is 0.248 e. The van der Waals surface area contributed by atoms with Gasteiger partial charge in [-0.15, -0.1) is 0 Å². The molecule has 2 aliphatic rings. The van der Waals surface area contributed by atoms with Gasteiger partial charge in [-0.3, -0.25) is 9.59 Å². The molecule has 2 atom stereocenters. The molecule has 1 saturated carbocycles. The van der Waals surface area contributed by atoms with Crippen molar-refractivity contribution >= 4 is 11.8 Å². The zero-order valence-electron chi connectivity index (χ0n) is 12.2. The van der Waals surface area contributed by atoms with Crippen LogP contribution in [0.2, 0.25) is 0 Å². The summed E-state index contributed by atoms with van der Waals surface area (Å²) in [6.07, 6.45) is 3.81. The van der Waals surface area contributed by atoms with Crippen molar-refractivity contribution in [1.29, 1.82) is 0 Å². The van der Waals surface area contributed by atoms with E-state index in [1.54, 1.807) is 4.90 Å². The maximum absolute atomic E-state index is 12.2. The molecule has 0 spiro atoms. The van der Waals surface area contributed by atoms with Gasteiger partial charge in [0, 0.05) is 45.8 Å². The highest BCUT2D eigenvalue weighted by Crippen LogP contribution is 2.27. The van der Waals surface area contributed by atoms with Crippen molar-refractivity contribution in [2.24, 2.45) is 11.7 Å². The SMILES string of the molecule is COCC(=O)N1CCN(C(=O)C[C@@H]2CCC[C@H]2N)CC1. The molecule has 2 amide bonds. The van der Waals surface area contributed by atoms with Crippen LogP contribution in [0, 0.1) is 5.92 Å². The number of carbonyl (C=O) groups excluding carboxylic acids is 2. The minimum atomic E-state index is -0.00239. The monoisotopic (exact) mass is 283 g/mol. The van der Waals surface area contributed by atoms with Crippen molar-refractivity contribution in [3.05, 3.63) is 0 Å². The number of methoxy groups -OCH3 is 1. The average Bonchev–Trinajstić information content (AvgIpc) is 2.85. The quantitative estimate of drug-likeness (QED) is 0.776. The first-order valence-electron chi connectivity index (χ1n) is 7.42. The van der Waals surface area contributed by atoms with E-state index in [2.05, 4.69) is 0 Å². The number of hydrogen-bond acceptors (Lipinski definition) is 4. The molecule has 2 N–H and O–H groups in total. The summed E-state index contributed by atoms with van der Waals surface area (Å²) in [6.45, 7) is 2.56. The normalized spacial score (nSPS) is 26.9. The highest BCUT2D eigenvalue weighted by Gasteiger charge is 2.29. The predicted molar refractivity (Wildman–Crippen MR) is 75.0 cm³/mol. The Morgan fingerprint density at radius 3 is 2.20 bits per heavy atom. The van der Waals surface area contributed by atoms with Crippen molar-refractivity contribution in [2.75, 3.05) is 39.9 Å². The van der Waals surface area contributed by atoms with E-state index in [9.17, 15) is 9.59 Å². The highest BCUT2D eigenvalue weighted by atomic mass is 16.5. The Balaban J connectivity index is 1.75. The van der Waals surface area contributed by atoms with Gasteiger partial charge in [0.05, 0.1) is 0 Å². The summed E-state index contributed by atoms with van der Waals surface area (Å²) in [4.78, 5) is 27.5. The first-order valence-corrected chi connectivity index (χ1v) is 7.42. The van der Waals surface area contributed by atoms with E-state index in [0.717, 1.165) is 19.3 Å². The number of carbonyl (C=O) groups is 2. The summed E-state index contributed by atoms with van der Waals surface area (Å²) in [6, 6.07) is 0.184. The van der Waals surface area contributed by atoms with Crippen LogP contribution < -0.4 is 5.73 Å². The van der Waals surface area contributed by atoms with Crippen molar-refractivity contribution in [3.8, 4) is 0 Å². The van der Waals surface area contributed by atoms with Gasteiger partial charge in [0.1, 0.15) is 6.61 Å². The molecular weight excluding hydrogens is 258 g/mol. The Kier molecular flexibility index (Phi) is 5.37. The molecule has 0 radical (unpaired) electrons. The van der Waals surface area contributed by atoms with E-state index in [1.165, 1.54) is 7.11 Å². The standard InChI is InChI=1S/C14H25N3O3/c1-20-10-14(19)17-7-5-16(6-8-17)13(18)9-11-3-2-4-12(11)15/h11-12H,2-10,15H2,1H3/t11-,12+/m0/s1. The first-order chi connectivity index (χ1) is 9.61. The second kappa shape index (κ2) is 7.04. The van der Waals surface area contributed by atoms with Gasteiger partial charge in [-0.1, -0.05) is 6.42 Å². The molecule has 6 heteroatoms. The van der Waals surface area contributed by atoms with Gasteiger partial charge in [-0.2, -0.15) is 0 Å². The number of nitrogens with zero attached hydrogens (tertiary/aromatic N) is 2. The summed E-state index contributed by atoms with van der Waals surface area (Å²) in [5, 5.41) is 0. The second-order valence-electron chi connectivity index (χ2n) is 5.75. The summed E-state index contributed by atoms with van der Waals surface area (Å²) in [5.74, 6) is 0.527. The lowest BCUT2D eigenvalue weighted by molar-refractivity contribution is -0.142. The number of nitrogens with two attached hydrogens (primary N) is 1. The first kappa shape index (κ1) is 15.3. The van der Waals surface area contributed by atoms with E-state index >= 15 is 0 Å². The van der Waals surface area contributed by atoms with Gasteiger partial charge in [0.15, 0.2) is 0 Å². The molecule has 114 valence electrons. The summed E-state index contributed by atoms with van der Waals surface area (Å²) in [5.41, 5.74) is 6.01. The third kappa shape index (κ3) is 3.70. The summed E-state index contributed by atoms with van der Waals surface area (Å²) >= 11 is 0. The Morgan fingerprint density at radius 1 is 1.10 bits per heavy atom. The van der Waals surface area contributed by atoms with Crippen molar-refractivity contribution in [1.82, 2.24) is 9.80 Å². The second-order valence-corrected chi connectivity index (χ2v) is 5.75. The minimum Gasteiger partial charge on any atom is -0.375 e. The molecule has 0 aromatic heterocycles. The Labute approximate surface area is 120 Å². The summed E-state index contributed by atoms with van der Waals surface area (Å²) in [7, 11) is 1.52. The van der Waals surface area contributed by atoms with E-state index in [0.29, 0.717) is 38.5 Å². The molecule has 0 aromatic rings. The maximum atomic E-state index is 12.2. The van der Waals surface area contributed by atoms with Gasteiger partial charge in [-0.25, -0.2) is 0 Å². The van der Waals surface area contributed by atoms with Gasteiger partial charge in [-0.05, 0) is 18.8 Å². The van der Waals surface area contributed by atoms with Gasteiger partial charge < -0.3 is 20.3 Å². The van der Waals surface area contributed by atoms with Crippen LogP contribution >= 0.6 is 0 Å². The molecule has 1 aliphatic carbocycles. The van der Waals surface area contributed by atoms with Crippen LogP contribution in [0.15, 0.2) is 0 Å². The van der Waals surface area contributed by atoms with Crippen molar-refractivity contribution in [2.45, 2.75) is 31.7 Å². The molecule has 0 aromatic carbocycles. The third-order valence-electron chi connectivity index (χ3n) is 4.41. The van der Waals surface area contributed by atoms with Crippen LogP contribution in [0.25, 0.3) is 0 Å². The Hall–Kier alpha value is -1.14. The molecule has 1 heterocycles. The van der Waals surface area contributed by atoms with Crippen LogP contribution in [0.4, 0.5) is 0 Å². The molecule has 1 saturated heterocycles. The number of amides is 2. The number of hydrogen-bond donors (Lipinski definition) is 1. The zero-order chi connectivity index (χ0) is 14.5. The van der Waals surface area contributed by atoms with Crippen LogP contribution in [-0.2, 0) is 14.3 Å². The Bertz CT molecular complexity index is 354. The molecule has 20 heavy (non-hydrogen) atoms. The zero-order valence-corrected chi connectivity index (χ0v) is 12.2. The highest BCUT2D eigenvalue weighted by molar-refractivity contribution is 5.79. The van der Waals surface area contributed by atoms with Crippen LogP contribution in [0.1, 0.15) is 25.7 Å². The summed E-state index contributed by atoms with van der Waals surface area (Å²) < 4.78 is 4.85. The van der Waals surface area contributed by atoms with Crippen LogP contribution in [-0.4, -0.2) is 67.6 Å².